The van der Waals surface area contributed by atoms with Crippen molar-refractivity contribution in [3.8, 4) is 0 Å². The predicted molar refractivity (Wildman–Crippen MR) is 68.0 cm³/mol. The van der Waals surface area contributed by atoms with E-state index in [-0.39, 0.29) is 11.7 Å². The Balaban J connectivity index is 2.15. The highest BCUT2D eigenvalue weighted by atomic mass is 19.1. The third-order valence-electron chi connectivity index (χ3n) is 4.13. The van der Waals surface area contributed by atoms with Gasteiger partial charge < -0.3 is 5.11 Å². The first-order valence-electron chi connectivity index (χ1n) is 6.56. The monoisotopic (exact) mass is 250 g/mol. The summed E-state index contributed by atoms with van der Waals surface area (Å²) in [5.74, 6) is -0.656. The molecule has 0 aromatic heterocycles. The van der Waals surface area contributed by atoms with Gasteiger partial charge in [-0.25, -0.2) is 4.39 Å². The van der Waals surface area contributed by atoms with Crippen molar-refractivity contribution in [1.82, 2.24) is 0 Å². The molecule has 18 heavy (non-hydrogen) atoms. The van der Waals surface area contributed by atoms with Crippen LogP contribution in [0, 0.1) is 11.2 Å². The van der Waals surface area contributed by atoms with Crippen LogP contribution in [-0.4, -0.2) is 11.1 Å². The summed E-state index contributed by atoms with van der Waals surface area (Å²) in [6.45, 7) is 2.02. The molecule has 1 fully saturated rings. The maximum Gasteiger partial charge on any atom is 0.309 e. The molecule has 3 heteroatoms. The van der Waals surface area contributed by atoms with Crippen LogP contribution in [0.1, 0.15) is 50.5 Å². The summed E-state index contributed by atoms with van der Waals surface area (Å²) >= 11 is 0. The van der Waals surface area contributed by atoms with Gasteiger partial charge >= 0.3 is 5.97 Å². The van der Waals surface area contributed by atoms with Crippen LogP contribution >= 0.6 is 0 Å². The zero-order valence-electron chi connectivity index (χ0n) is 10.7. The number of benzene rings is 1. The van der Waals surface area contributed by atoms with Crippen molar-refractivity contribution < 1.29 is 14.3 Å². The molecule has 1 saturated carbocycles. The predicted octanol–water partition coefficient (Wildman–Crippen LogP) is 3.96. The topological polar surface area (TPSA) is 37.3 Å². The fraction of sp³-hybridized carbons (Fsp3) is 0.533. The number of hydrogen-bond donors (Lipinski definition) is 1. The van der Waals surface area contributed by atoms with E-state index in [1.165, 1.54) is 12.1 Å². The molecule has 0 bridgehead atoms. The summed E-state index contributed by atoms with van der Waals surface area (Å²) in [6, 6.07) is 6.47. The highest BCUT2D eigenvalue weighted by molar-refractivity contribution is 5.75. The van der Waals surface area contributed by atoms with Crippen molar-refractivity contribution in [1.29, 1.82) is 0 Å². The van der Waals surface area contributed by atoms with Crippen LogP contribution in [0.5, 0.6) is 0 Å². The average molecular weight is 250 g/mol. The lowest BCUT2D eigenvalue weighted by molar-refractivity contribution is -0.149. The fourth-order valence-electron chi connectivity index (χ4n) is 3.15. The molecule has 0 heterocycles. The lowest BCUT2D eigenvalue weighted by Crippen LogP contribution is -2.27. The summed E-state index contributed by atoms with van der Waals surface area (Å²) in [4.78, 5) is 11.5. The Bertz CT molecular complexity index is 427. The van der Waals surface area contributed by atoms with E-state index >= 15 is 0 Å². The van der Waals surface area contributed by atoms with E-state index in [2.05, 4.69) is 0 Å². The van der Waals surface area contributed by atoms with Gasteiger partial charge in [0.05, 0.1) is 5.41 Å². The Hall–Kier alpha value is -1.38. The quantitative estimate of drug-likeness (QED) is 0.878. The minimum Gasteiger partial charge on any atom is -0.481 e. The lowest BCUT2D eigenvalue weighted by atomic mass is 9.80. The molecule has 1 aliphatic carbocycles. The first-order valence-corrected chi connectivity index (χ1v) is 6.56. The van der Waals surface area contributed by atoms with Gasteiger partial charge in [-0.05, 0) is 49.3 Å². The van der Waals surface area contributed by atoms with Crippen molar-refractivity contribution in [3.63, 3.8) is 0 Å². The molecule has 0 unspecified atom stereocenters. The largest absolute Gasteiger partial charge is 0.481 e. The van der Waals surface area contributed by atoms with E-state index in [0.29, 0.717) is 6.42 Å². The Morgan fingerprint density at radius 1 is 1.44 bits per heavy atom. The second-order valence-electron chi connectivity index (χ2n) is 5.33. The summed E-state index contributed by atoms with van der Waals surface area (Å²) in [5.41, 5.74) is 0.504. The van der Waals surface area contributed by atoms with Crippen molar-refractivity contribution in [2.24, 2.45) is 5.41 Å². The minimum absolute atomic E-state index is 0.241. The van der Waals surface area contributed by atoms with E-state index in [0.717, 1.165) is 31.2 Å². The van der Waals surface area contributed by atoms with Crippen molar-refractivity contribution in [3.05, 3.63) is 35.6 Å². The number of hydrogen-bond acceptors (Lipinski definition) is 1. The molecular weight excluding hydrogens is 231 g/mol. The first-order chi connectivity index (χ1) is 8.57. The lowest BCUT2D eigenvalue weighted by Gasteiger charge is -2.23. The second kappa shape index (κ2) is 5.09. The number of carboxylic acids is 1. The van der Waals surface area contributed by atoms with Gasteiger partial charge in [-0.15, -0.1) is 0 Å². The van der Waals surface area contributed by atoms with Gasteiger partial charge in [0.15, 0.2) is 0 Å². The third-order valence-corrected chi connectivity index (χ3v) is 4.13. The molecule has 2 nitrogen and oxygen atoms in total. The number of carboxylic acid groups (broad SMARTS) is 1. The van der Waals surface area contributed by atoms with E-state index in [4.69, 9.17) is 0 Å². The molecule has 1 aliphatic rings. The summed E-state index contributed by atoms with van der Waals surface area (Å²) in [7, 11) is 0. The number of rotatable bonds is 4. The van der Waals surface area contributed by atoms with Crippen LogP contribution in [0.3, 0.4) is 0 Å². The zero-order valence-corrected chi connectivity index (χ0v) is 10.7. The van der Waals surface area contributed by atoms with Gasteiger partial charge in [0, 0.05) is 0 Å². The second-order valence-corrected chi connectivity index (χ2v) is 5.33. The molecule has 0 saturated heterocycles. The van der Waals surface area contributed by atoms with Crippen LogP contribution in [0.2, 0.25) is 0 Å². The summed E-state index contributed by atoms with van der Waals surface area (Å²) < 4.78 is 12.9. The van der Waals surface area contributed by atoms with Gasteiger partial charge in [0.2, 0.25) is 0 Å². The van der Waals surface area contributed by atoms with Crippen molar-refractivity contribution in [2.75, 3.05) is 0 Å². The van der Waals surface area contributed by atoms with Gasteiger partial charge in [-0.1, -0.05) is 25.5 Å². The Labute approximate surface area is 107 Å². The van der Waals surface area contributed by atoms with Crippen LogP contribution in [0.15, 0.2) is 24.3 Å². The van der Waals surface area contributed by atoms with Crippen molar-refractivity contribution >= 4 is 5.97 Å². The molecule has 0 amide bonds. The summed E-state index contributed by atoms with van der Waals surface area (Å²) in [5, 5.41) is 9.44. The van der Waals surface area contributed by atoms with Crippen molar-refractivity contribution in [2.45, 2.75) is 44.9 Å². The highest BCUT2D eigenvalue weighted by Gasteiger charge is 2.44. The number of carbonyl (C=O) groups is 1. The van der Waals surface area contributed by atoms with Gasteiger partial charge in [0.1, 0.15) is 5.82 Å². The molecule has 1 aromatic rings. The Morgan fingerprint density at radius 2 is 2.11 bits per heavy atom. The van der Waals surface area contributed by atoms with Gasteiger partial charge in [-0.3, -0.25) is 4.79 Å². The first kappa shape index (κ1) is 13.1. The molecule has 1 N–H and O–H groups in total. The molecule has 98 valence electrons. The molecule has 0 aliphatic heterocycles. The molecule has 1 aromatic carbocycles. The van der Waals surface area contributed by atoms with E-state index in [9.17, 15) is 14.3 Å². The molecule has 2 rings (SSSR count). The third kappa shape index (κ3) is 2.40. The fourth-order valence-corrected chi connectivity index (χ4v) is 3.15. The van der Waals surface area contributed by atoms with Crippen LogP contribution in [0.25, 0.3) is 0 Å². The maximum absolute atomic E-state index is 12.9. The van der Waals surface area contributed by atoms with Gasteiger partial charge in [0.25, 0.3) is 0 Å². The van der Waals surface area contributed by atoms with E-state index in [1.807, 2.05) is 6.92 Å². The molecule has 0 spiro atoms. The van der Waals surface area contributed by atoms with Gasteiger partial charge in [-0.2, -0.15) is 0 Å². The van der Waals surface area contributed by atoms with Crippen LogP contribution in [0.4, 0.5) is 4.39 Å². The standard InChI is InChI=1S/C15H19FO2/c1-2-8-15(14(17)18)9-7-12(10-15)11-3-5-13(16)6-4-11/h3-6,12H,2,7-10H2,1H3,(H,17,18)/t12-,15+/m0/s1. The Morgan fingerprint density at radius 3 is 2.67 bits per heavy atom. The van der Waals surface area contributed by atoms with E-state index < -0.39 is 11.4 Å². The van der Waals surface area contributed by atoms with E-state index in [1.54, 1.807) is 12.1 Å². The van der Waals surface area contributed by atoms with Crippen LogP contribution < -0.4 is 0 Å². The highest BCUT2D eigenvalue weighted by Crippen LogP contribution is 2.49. The smallest absolute Gasteiger partial charge is 0.309 e. The minimum atomic E-state index is -0.672. The Kier molecular flexibility index (Phi) is 3.69. The summed E-state index contributed by atoms with van der Waals surface area (Å²) in [6.07, 6.45) is 3.93. The molecular formula is C15H19FO2. The van der Waals surface area contributed by atoms with Crippen LogP contribution in [-0.2, 0) is 4.79 Å². The zero-order chi connectivity index (χ0) is 13.2. The maximum atomic E-state index is 12.9. The number of halogens is 1. The number of aliphatic carboxylic acids is 1. The normalized spacial score (nSPS) is 27.3. The molecule has 0 radical (unpaired) electrons. The SMILES string of the molecule is CCC[C@@]1(C(=O)O)CC[C@H](c2ccc(F)cc2)C1. The average Bonchev–Trinajstić information content (AvgIpc) is 2.76. The molecule has 2 atom stereocenters.